The van der Waals surface area contributed by atoms with Crippen molar-refractivity contribution in [1.82, 2.24) is 9.97 Å². The van der Waals surface area contributed by atoms with Crippen molar-refractivity contribution in [3.05, 3.63) is 64.5 Å². The Hall–Kier alpha value is -2.54. The molecule has 0 N–H and O–H groups in total. The smallest absolute Gasteiger partial charge is 0.317 e. The molecule has 0 saturated carbocycles. The highest BCUT2D eigenvalue weighted by Crippen LogP contribution is 2.32. The summed E-state index contributed by atoms with van der Waals surface area (Å²) in [5.74, 6) is 0.186. The molecule has 0 aliphatic carbocycles. The summed E-state index contributed by atoms with van der Waals surface area (Å²) in [7, 11) is 1.87. The number of nitrogens with zero attached hydrogens (tertiary/aromatic N) is 2. The standard InChI is InChI=1S/C22H25BrN2O3.C2H6.CH3F/c1-7-9-14(3)12-15(8-2)20-25-18(19(23)28-20)16-10-11-17(24-13-16)22(4,5)21(26)27-6;2*1-2/h7-13H,1-6H3;1-2H3;1H3/b9-7-,14-12-,15-8+;;. The maximum Gasteiger partial charge on any atom is 0.317 e. The van der Waals surface area contributed by atoms with Crippen LogP contribution in [-0.2, 0) is 14.9 Å². The molecule has 2 aromatic rings. The summed E-state index contributed by atoms with van der Waals surface area (Å²) >= 11 is 3.45. The molecule has 0 unspecified atom stereocenters. The van der Waals surface area contributed by atoms with Gasteiger partial charge < -0.3 is 9.15 Å². The highest BCUT2D eigenvalue weighted by molar-refractivity contribution is 9.10. The van der Waals surface area contributed by atoms with Crippen LogP contribution in [0.25, 0.3) is 16.8 Å². The van der Waals surface area contributed by atoms with Crippen molar-refractivity contribution >= 4 is 27.5 Å². The van der Waals surface area contributed by atoms with Crippen molar-refractivity contribution in [2.75, 3.05) is 14.3 Å². The van der Waals surface area contributed by atoms with Crippen LogP contribution < -0.4 is 0 Å². The molecular weight excluding hydrogens is 475 g/mol. The van der Waals surface area contributed by atoms with Crippen LogP contribution in [0.2, 0.25) is 0 Å². The highest BCUT2D eigenvalue weighted by Gasteiger charge is 2.32. The van der Waals surface area contributed by atoms with Crippen LogP contribution in [0, 0.1) is 0 Å². The molecule has 32 heavy (non-hydrogen) atoms. The zero-order chi connectivity index (χ0) is 24.9. The average molecular weight is 509 g/mol. The van der Waals surface area contributed by atoms with Crippen molar-refractivity contribution < 1.29 is 18.3 Å². The number of alkyl halides is 1. The normalized spacial score (nSPS) is 12.0. The van der Waals surface area contributed by atoms with Gasteiger partial charge in [-0.3, -0.25) is 14.2 Å². The lowest BCUT2D eigenvalue weighted by Gasteiger charge is -2.20. The summed E-state index contributed by atoms with van der Waals surface area (Å²) in [6, 6.07) is 3.68. The second kappa shape index (κ2) is 14.5. The summed E-state index contributed by atoms with van der Waals surface area (Å²) in [4.78, 5) is 21.0. The van der Waals surface area contributed by atoms with E-state index in [4.69, 9.17) is 9.15 Å². The number of carbonyl (C=O) groups excluding carboxylic acids is 1. The number of ether oxygens (including phenoxy) is 1. The Labute approximate surface area is 199 Å². The van der Waals surface area contributed by atoms with Crippen LogP contribution in [0.3, 0.4) is 0 Å². The lowest BCUT2D eigenvalue weighted by molar-refractivity contribution is -0.146. The first kappa shape index (κ1) is 29.5. The molecule has 2 rings (SSSR count). The van der Waals surface area contributed by atoms with Crippen molar-refractivity contribution in [2.24, 2.45) is 0 Å². The van der Waals surface area contributed by atoms with E-state index in [0.717, 1.165) is 16.7 Å². The molecule has 0 atom stereocenters. The zero-order valence-electron chi connectivity index (χ0n) is 20.4. The molecule has 176 valence electrons. The number of rotatable bonds is 6. The summed E-state index contributed by atoms with van der Waals surface area (Å²) in [6.07, 6.45) is 9.66. The van der Waals surface area contributed by atoms with Gasteiger partial charge in [-0.2, -0.15) is 0 Å². The van der Waals surface area contributed by atoms with Gasteiger partial charge in [-0.05, 0) is 68.8 Å². The first-order chi connectivity index (χ1) is 15.2. The van der Waals surface area contributed by atoms with Crippen LogP contribution in [0.5, 0.6) is 0 Å². The first-order valence-electron chi connectivity index (χ1n) is 10.3. The average Bonchev–Trinajstić information content (AvgIpc) is 3.21. The van der Waals surface area contributed by atoms with Gasteiger partial charge >= 0.3 is 5.97 Å². The number of hydrogen-bond donors (Lipinski definition) is 0. The quantitative estimate of drug-likeness (QED) is 0.298. The number of halogens is 2. The molecule has 7 heteroatoms. The van der Waals surface area contributed by atoms with Gasteiger partial charge in [-0.25, -0.2) is 4.98 Å². The lowest BCUT2D eigenvalue weighted by Crippen LogP contribution is -2.31. The SMILES string of the molecule is CC.CF.C\C=C/C(C)=C\C(=C/C)c1nc(-c2ccc(C(C)(C)C(=O)OC)nc2)c(Br)o1. The number of hydrogen-bond acceptors (Lipinski definition) is 5. The molecule has 2 aromatic heterocycles. The van der Waals surface area contributed by atoms with Crippen molar-refractivity contribution in [2.45, 2.75) is 53.9 Å². The summed E-state index contributed by atoms with van der Waals surface area (Å²) in [5, 5.41) is 0. The Morgan fingerprint density at radius 1 is 1.22 bits per heavy atom. The number of oxazole rings is 1. The van der Waals surface area contributed by atoms with Crippen molar-refractivity contribution in [1.29, 1.82) is 0 Å². The van der Waals surface area contributed by atoms with E-state index >= 15 is 0 Å². The molecule has 0 aromatic carbocycles. The van der Waals surface area contributed by atoms with Crippen LogP contribution >= 0.6 is 15.9 Å². The van der Waals surface area contributed by atoms with Crippen LogP contribution in [0.1, 0.15) is 60.1 Å². The number of pyridine rings is 1. The molecule has 5 nitrogen and oxygen atoms in total. The number of carbonyl (C=O) groups is 1. The van der Waals surface area contributed by atoms with Gasteiger partial charge in [0.05, 0.1) is 20.0 Å². The van der Waals surface area contributed by atoms with E-state index in [2.05, 4.69) is 25.9 Å². The van der Waals surface area contributed by atoms with Crippen molar-refractivity contribution in [3.63, 3.8) is 0 Å². The van der Waals surface area contributed by atoms with Gasteiger partial charge in [-0.1, -0.05) is 37.6 Å². The molecule has 0 radical (unpaired) electrons. The molecule has 0 bridgehead atoms. The predicted molar refractivity (Wildman–Crippen MR) is 133 cm³/mol. The molecule has 0 amide bonds. The Balaban J connectivity index is 0.00000227. The van der Waals surface area contributed by atoms with E-state index in [0.29, 0.717) is 29.1 Å². The van der Waals surface area contributed by atoms with E-state index in [9.17, 15) is 9.18 Å². The largest absolute Gasteiger partial charge is 0.468 e. The van der Waals surface area contributed by atoms with Gasteiger partial charge in [0, 0.05) is 17.3 Å². The van der Waals surface area contributed by atoms with Gasteiger partial charge in [0.2, 0.25) is 5.89 Å². The summed E-state index contributed by atoms with van der Waals surface area (Å²) in [6.45, 7) is 13.5. The summed E-state index contributed by atoms with van der Waals surface area (Å²) in [5.41, 5.74) is 3.23. The number of allylic oxidation sites excluding steroid dienone is 6. The van der Waals surface area contributed by atoms with Crippen LogP contribution in [0.15, 0.2) is 57.3 Å². The van der Waals surface area contributed by atoms with Crippen molar-refractivity contribution in [3.8, 4) is 11.3 Å². The fraction of sp³-hybridized carbons (Fsp3) is 0.400. The third kappa shape index (κ3) is 7.55. The number of esters is 1. The van der Waals surface area contributed by atoms with Gasteiger partial charge in [0.25, 0.3) is 0 Å². The molecule has 0 spiro atoms. The lowest BCUT2D eigenvalue weighted by atomic mass is 9.88. The van der Waals surface area contributed by atoms with E-state index in [1.807, 2.05) is 65.0 Å². The van der Waals surface area contributed by atoms with Crippen LogP contribution in [0.4, 0.5) is 4.39 Å². The maximum absolute atomic E-state index is 12.0. The molecule has 0 aliphatic heterocycles. The fourth-order valence-corrected chi connectivity index (χ4v) is 3.16. The molecule has 0 fully saturated rings. The second-order valence-corrected chi connectivity index (χ2v) is 7.54. The Morgan fingerprint density at radius 2 is 1.84 bits per heavy atom. The van der Waals surface area contributed by atoms with E-state index in [-0.39, 0.29) is 5.97 Å². The van der Waals surface area contributed by atoms with Gasteiger partial charge in [0.15, 0.2) is 4.67 Å². The third-order valence-electron chi connectivity index (χ3n) is 4.33. The molecule has 0 saturated heterocycles. The fourth-order valence-electron chi connectivity index (χ4n) is 2.69. The van der Waals surface area contributed by atoms with Gasteiger partial charge in [0.1, 0.15) is 11.1 Å². The predicted octanol–water partition coefficient (Wildman–Crippen LogP) is 7.49. The first-order valence-corrected chi connectivity index (χ1v) is 11.1. The summed E-state index contributed by atoms with van der Waals surface area (Å²) < 4.78 is 20.7. The topological polar surface area (TPSA) is 65.2 Å². The second-order valence-electron chi connectivity index (χ2n) is 6.82. The zero-order valence-corrected chi connectivity index (χ0v) is 22.0. The minimum atomic E-state index is -0.827. The Bertz CT molecular complexity index is 943. The third-order valence-corrected chi connectivity index (χ3v) is 4.87. The number of aromatic nitrogens is 2. The van der Waals surface area contributed by atoms with E-state index < -0.39 is 5.41 Å². The molecule has 2 heterocycles. The Kier molecular flexibility index (Phi) is 13.4. The Morgan fingerprint density at radius 3 is 2.31 bits per heavy atom. The maximum atomic E-state index is 12.0. The monoisotopic (exact) mass is 508 g/mol. The van der Waals surface area contributed by atoms with Gasteiger partial charge in [-0.15, -0.1) is 0 Å². The minimum Gasteiger partial charge on any atom is -0.468 e. The minimum absolute atomic E-state index is 0.335. The van der Waals surface area contributed by atoms with Crippen LogP contribution in [-0.4, -0.2) is 30.2 Å². The number of methoxy groups -OCH3 is 1. The highest BCUT2D eigenvalue weighted by atomic mass is 79.9. The molecular formula is C25H34BrFN2O3. The molecule has 0 aliphatic rings. The van der Waals surface area contributed by atoms with E-state index in [1.165, 1.54) is 7.11 Å². The van der Waals surface area contributed by atoms with E-state index in [1.54, 1.807) is 26.1 Å².